The van der Waals surface area contributed by atoms with Crippen LogP contribution in [0.25, 0.3) is 0 Å². The topological polar surface area (TPSA) is 16.1 Å². The second-order valence-electron chi connectivity index (χ2n) is 4.34. The summed E-state index contributed by atoms with van der Waals surface area (Å²) in [7, 11) is 0. The first-order valence-corrected chi connectivity index (χ1v) is 7.05. The van der Waals surface area contributed by atoms with Gasteiger partial charge in [-0.05, 0) is 46.2 Å². The molecular weight excluding hydrogens is 307 g/mol. The number of halogens is 2. The Kier molecular flexibility index (Phi) is 5.05. The predicted molar refractivity (Wildman–Crippen MR) is 78.1 cm³/mol. The fraction of sp³-hybridized carbons (Fsp3) is 0.267. The maximum Gasteiger partial charge on any atom is 0.137 e. The zero-order chi connectivity index (χ0) is 13.7. The first-order chi connectivity index (χ1) is 9.20. The number of hydrogen-bond acceptors (Lipinski definition) is 2. The highest BCUT2D eigenvalue weighted by atomic mass is 79.9. The van der Waals surface area contributed by atoms with E-state index in [1.807, 2.05) is 24.3 Å². The van der Waals surface area contributed by atoms with Crippen molar-refractivity contribution in [2.24, 2.45) is 0 Å². The molecule has 0 aliphatic rings. The van der Waals surface area contributed by atoms with Gasteiger partial charge in [0.05, 0.1) is 10.2 Å². The second-order valence-corrected chi connectivity index (χ2v) is 5.13. The van der Waals surface area contributed by atoms with Crippen LogP contribution in [0.3, 0.4) is 0 Å². The summed E-state index contributed by atoms with van der Waals surface area (Å²) in [5.41, 5.74) is 1.98. The predicted octanol–water partition coefficient (Wildman–Crippen LogP) is 4.01. The first-order valence-electron chi connectivity index (χ1n) is 6.26. The van der Waals surface area contributed by atoms with E-state index in [4.69, 9.17) is 0 Å². The highest BCUT2D eigenvalue weighted by molar-refractivity contribution is 9.10. The van der Waals surface area contributed by atoms with Gasteiger partial charge in [0.1, 0.15) is 5.82 Å². The summed E-state index contributed by atoms with van der Waals surface area (Å²) in [5.74, 6) is -0.216. The molecule has 0 saturated carbocycles. The summed E-state index contributed by atoms with van der Waals surface area (Å²) < 4.78 is 14.0. The molecule has 1 aromatic carbocycles. The maximum atomic E-state index is 13.5. The van der Waals surface area contributed by atoms with Crippen molar-refractivity contribution in [2.45, 2.75) is 20.0 Å². The van der Waals surface area contributed by atoms with Crippen LogP contribution in [0.4, 0.5) is 4.39 Å². The van der Waals surface area contributed by atoms with Crippen molar-refractivity contribution in [1.82, 2.24) is 9.88 Å². The first kappa shape index (κ1) is 14.2. The summed E-state index contributed by atoms with van der Waals surface area (Å²) in [6.45, 7) is 4.45. The van der Waals surface area contributed by atoms with Crippen LogP contribution in [0.15, 0.2) is 47.1 Å². The number of nitrogens with zero attached hydrogens (tertiary/aromatic N) is 2. The Morgan fingerprint density at radius 1 is 1.16 bits per heavy atom. The Morgan fingerprint density at radius 3 is 2.68 bits per heavy atom. The summed E-state index contributed by atoms with van der Waals surface area (Å²) in [5, 5.41) is 0. The molecule has 0 amide bonds. The lowest BCUT2D eigenvalue weighted by Crippen LogP contribution is -2.23. The molecule has 2 aromatic rings. The van der Waals surface area contributed by atoms with Crippen LogP contribution >= 0.6 is 15.9 Å². The molecule has 1 heterocycles. The average molecular weight is 323 g/mol. The van der Waals surface area contributed by atoms with Gasteiger partial charge in [-0.3, -0.25) is 9.88 Å². The number of pyridine rings is 1. The molecule has 0 radical (unpaired) electrons. The van der Waals surface area contributed by atoms with Crippen LogP contribution in [-0.2, 0) is 13.1 Å². The fourth-order valence-electron chi connectivity index (χ4n) is 1.91. The summed E-state index contributed by atoms with van der Waals surface area (Å²) >= 11 is 3.31. The normalized spacial score (nSPS) is 10.9. The zero-order valence-electron chi connectivity index (χ0n) is 10.8. The molecule has 0 aliphatic carbocycles. The Bertz CT molecular complexity index is 531. The molecule has 0 fully saturated rings. The van der Waals surface area contributed by atoms with Crippen LogP contribution in [0.1, 0.15) is 18.2 Å². The van der Waals surface area contributed by atoms with E-state index in [0.717, 1.165) is 24.3 Å². The van der Waals surface area contributed by atoms with E-state index in [1.165, 1.54) is 6.07 Å². The second kappa shape index (κ2) is 6.78. The van der Waals surface area contributed by atoms with Gasteiger partial charge in [0, 0.05) is 19.3 Å². The molecule has 0 saturated heterocycles. The Hall–Kier alpha value is -1.26. The highest BCUT2D eigenvalue weighted by Crippen LogP contribution is 2.22. The van der Waals surface area contributed by atoms with Gasteiger partial charge in [-0.2, -0.15) is 0 Å². The van der Waals surface area contributed by atoms with Crippen molar-refractivity contribution >= 4 is 15.9 Å². The van der Waals surface area contributed by atoms with E-state index >= 15 is 0 Å². The molecule has 19 heavy (non-hydrogen) atoms. The largest absolute Gasteiger partial charge is 0.293 e. The van der Waals surface area contributed by atoms with Crippen LogP contribution in [0.5, 0.6) is 0 Å². The van der Waals surface area contributed by atoms with Crippen molar-refractivity contribution in [3.63, 3.8) is 0 Å². The lowest BCUT2D eigenvalue weighted by molar-refractivity contribution is 0.267. The van der Waals surface area contributed by atoms with Crippen molar-refractivity contribution in [2.75, 3.05) is 6.54 Å². The van der Waals surface area contributed by atoms with Gasteiger partial charge in [-0.1, -0.05) is 25.1 Å². The fourth-order valence-corrected chi connectivity index (χ4v) is 2.30. The van der Waals surface area contributed by atoms with E-state index in [0.29, 0.717) is 11.0 Å². The zero-order valence-corrected chi connectivity index (χ0v) is 12.4. The molecule has 2 nitrogen and oxygen atoms in total. The smallest absolute Gasteiger partial charge is 0.137 e. The van der Waals surface area contributed by atoms with Crippen LogP contribution in [0.2, 0.25) is 0 Å². The van der Waals surface area contributed by atoms with Crippen molar-refractivity contribution in [3.8, 4) is 0 Å². The third kappa shape index (κ3) is 3.85. The van der Waals surface area contributed by atoms with Gasteiger partial charge >= 0.3 is 0 Å². The lowest BCUT2D eigenvalue weighted by atomic mass is 10.2. The summed E-state index contributed by atoms with van der Waals surface area (Å²) in [6.07, 6.45) is 1.79. The SMILES string of the molecule is CCN(Cc1ccccn1)Cc1cccc(F)c1Br. The third-order valence-electron chi connectivity index (χ3n) is 2.98. The van der Waals surface area contributed by atoms with Crippen LogP contribution < -0.4 is 0 Å². The van der Waals surface area contributed by atoms with E-state index in [2.05, 4.69) is 32.7 Å². The number of benzene rings is 1. The quantitative estimate of drug-likeness (QED) is 0.827. The Balaban J connectivity index is 2.09. The maximum absolute atomic E-state index is 13.5. The van der Waals surface area contributed by atoms with Crippen molar-refractivity contribution < 1.29 is 4.39 Å². The number of hydrogen-bond donors (Lipinski definition) is 0. The molecule has 0 N–H and O–H groups in total. The molecular formula is C15H16BrFN2. The van der Waals surface area contributed by atoms with Gasteiger partial charge < -0.3 is 0 Å². The van der Waals surface area contributed by atoms with Gasteiger partial charge in [-0.15, -0.1) is 0 Å². The van der Waals surface area contributed by atoms with E-state index < -0.39 is 0 Å². The van der Waals surface area contributed by atoms with Gasteiger partial charge in [0.15, 0.2) is 0 Å². The Labute approximate surface area is 121 Å². The van der Waals surface area contributed by atoms with Gasteiger partial charge in [0.25, 0.3) is 0 Å². The molecule has 2 rings (SSSR count). The molecule has 0 unspecified atom stereocenters. The van der Waals surface area contributed by atoms with Gasteiger partial charge in [-0.25, -0.2) is 4.39 Å². The lowest BCUT2D eigenvalue weighted by Gasteiger charge is -2.20. The molecule has 0 atom stereocenters. The number of rotatable bonds is 5. The summed E-state index contributed by atoms with van der Waals surface area (Å²) in [6, 6.07) is 11.0. The molecule has 0 aliphatic heterocycles. The Morgan fingerprint density at radius 2 is 2.00 bits per heavy atom. The van der Waals surface area contributed by atoms with Crippen molar-refractivity contribution in [1.29, 1.82) is 0 Å². The summed E-state index contributed by atoms with van der Waals surface area (Å²) in [4.78, 5) is 6.54. The number of aromatic nitrogens is 1. The van der Waals surface area contributed by atoms with Crippen LogP contribution in [-0.4, -0.2) is 16.4 Å². The standard InChI is InChI=1S/C15H16BrFN2/c1-2-19(11-13-7-3-4-9-18-13)10-12-6-5-8-14(17)15(12)16/h3-9H,2,10-11H2,1H3. The van der Waals surface area contributed by atoms with E-state index in [-0.39, 0.29) is 5.82 Å². The van der Waals surface area contributed by atoms with Crippen LogP contribution in [0, 0.1) is 5.82 Å². The monoisotopic (exact) mass is 322 g/mol. The molecule has 0 bridgehead atoms. The third-order valence-corrected chi connectivity index (χ3v) is 3.87. The van der Waals surface area contributed by atoms with E-state index in [1.54, 1.807) is 12.3 Å². The molecule has 100 valence electrons. The molecule has 1 aromatic heterocycles. The molecule has 4 heteroatoms. The minimum atomic E-state index is -0.216. The average Bonchev–Trinajstić information content (AvgIpc) is 2.44. The van der Waals surface area contributed by atoms with E-state index in [9.17, 15) is 4.39 Å². The minimum absolute atomic E-state index is 0.216. The highest BCUT2D eigenvalue weighted by Gasteiger charge is 2.10. The van der Waals surface area contributed by atoms with Gasteiger partial charge in [0.2, 0.25) is 0 Å². The van der Waals surface area contributed by atoms with Crippen molar-refractivity contribution in [3.05, 3.63) is 64.1 Å². The molecule has 0 spiro atoms. The minimum Gasteiger partial charge on any atom is -0.293 e.